The van der Waals surface area contributed by atoms with E-state index in [1.807, 2.05) is 6.92 Å². The van der Waals surface area contributed by atoms with E-state index < -0.39 is 4.92 Å². The van der Waals surface area contributed by atoms with Gasteiger partial charge >= 0.3 is 0 Å². The van der Waals surface area contributed by atoms with Crippen molar-refractivity contribution in [2.45, 2.75) is 13.8 Å². The fourth-order valence-corrected chi connectivity index (χ4v) is 1.65. The summed E-state index contributed by atoms with van der Waals surface area (Å²) in [5.74, 6) is 1.91. The molecule has 0 atom stereocenters. The molecule has 0 aliphatic carbocycles. The Hall–Kier alpha value is -2.70. The zero-order chi connectivity index (χ0) is 14.7. The van der Waals surface area contributed by atoms with Crippen LogP contribution in [0.1, 0.15) is 11.4 Å². The Morgan fingerprint density at radius 2 is 2.00 bits per heavy atom. The fourth-order valence-electron chi connectivity index (χ4n) is 1.65. The number of nitro benzene ring substituents is 1. The lowest BCUT2D eigenvalue weighted by molar-refractivity contribution is -0.384. The van der Waals surface area contributed by atoms with E-state index in [1.54, 1.807) is 26.1 Å². The summed E-state index contributed by atoms with van der Waals surface area (Å²) in [6.07, 6.45) is 0. The molecular weight excluding hydrogens is 260 g/mol. The first kappa shape index (κ1) is 13.7. The molecule has 0 radical (unpaired) electrons. The number of non-ortho nitro benzene ring substituents is 1. The van der Waals surface area contributed by atoms with Crippen LogP contribution < -0.4 is 10.1 Å². The molecule has 1 aromatic carbocycles. The Morgan fingerprint density at radius 3 is 2.65 bits per heavy atom. The molecule has 0 aliphatic rings. The summed E-state index contributed by atoms with van der Waals surface area (Å²) in [7, 11) is 1.74. The predicted molar refractivity (Wildman–Crippen MR) is 74.2 cm³/mol. The maximum absolute atomic E-state index is 10.8. The molecule has 0 fully saturated rings. The number of aromatic nitrogens is 2. The molecule has 2 aromatic rings. The quantitative estimate of drug-likeness (QED) is 0.681. The van der Waals surface area contributed by atoms with E-state index in [-0.39, 0.29) is 5.69 Å². The number of aryl methyl sites for hydroxylation is 2. The van der Waals surface area contributed by atoms with Crippen LogP contribution in [0.3, 0.4) is 0 Å². The SMILES string of the molecule is CNc1cc(Oc2cc([N+](=O)[O-])ccc2C)nc(C)n1. The third kappa shape index (κ3) is 3.00. The van der Waals surface area contributed by atoms with Gasteiger partial charge in [0.05, 0.1) is 11.0 Å². The largest absolute Gasteiger partial charge is 0.438 e. The molecule has 104 valence electrons. The van der Waals surface area contributed by atoms with Crippen molar-refractivity contribution in [3.63, 3.8) is 0 Å². The van der Waals surface area contributed by atoms with Crippen molar-refractivity contribution in [3.8, 4) is 11.6 Å². The maximum Gasteiger partial charge on any atom is 0.273 e. The highest BCUT2D eigenvalue weighted by molar-refractivity contribution is 5.46. The van der Waals surface area contributed by atoms with E-state index in [0.29, 0.717) is 23.3 Å². The van der Waals surface area contributed by atoms with Crippen molar-refractivity contribution >= 4 is 11.5 Å². The molecular formula is C13H14N4O3. The summed E-state index contributed by atoms with van der Waals surface area (Å²) in [4.78, 5) is 18.6. The second-order valence-corrected chi connectivity index (χ2v) is 4.20. The summed E-state index contributed by atoms with van der Waals surface area (Å²) < 4.78 is 5.63. The molecule has 7 heteroatoms. The third-order valence-corrected chi connectivity index (χ3v) is 2.67. The smallest absolute Gasteiger partial charge is 0.273 e. The molecule has 0 unspecified atom stereocenters. The second kappa shape index (κ2) is 5.52. The van der Waals surface area contributed by atoms with Gasteiger partial charge in [-0.3, -0.25) is 10.1 Å². The molecule has 0 saturated heterocycles. The Balaban J connectivity index is 2.36. The lowest BCUT2D eigenvalue weighted by atomic mass is 10.2. The zero-order valence-corrected chi connectivity index (χ0v) is 11.4. The van der Waals surface area contributed by atoms with Crippen molar-refractivity contribution in [1.29, 1.82) is 0 Å². The van der Waals surface area contributed by atoms with E-state index >= 15 is 0 Å². The predicted octanol–water partition coefficient (Wildman–Crippen LogP) is 2.84. The van der Waals surface area contributed by atoms with E-state index in [2.05, 4.69) is 15.3 Å². The third-order valence-electron chi connectivity index (χ3n) is 2.67. The van der Waals surface area contributed by atoms with Gasteiger partial charge in [0, 0.05) is 19.2 Å². The summed E-state index contributed by atoms with van der Waals surface area (Å²) in [5.41, 5.74) is 0.767. The van der Waals surface area contributed by atoms with Gasteiger partial charge in [-0.15, -0.1) is 0 Å². The van der Waals surface area contributed by atoms with E-state index in [0.717, 1.165) is 5.56 Å². The van der Waals surface area contributed by atoms with Gasteiger partial charge in [-0.1, -0.05) is 0 Å². The van der Waals surface area contributed by atoms with Crippen LogP contribution in [0.25, 0.3) is 0 Å². The van der Waals surface area contributed by atoms with Gasteiger partial charge in [-0.25, -0.2) is 4.98 Å². The van der Waals surface area contributed by atoms with Crippen LogP contribution in [0.15, 0.2) is 24.3 Å². The standard InChI is InChI=1S/C13H14N4O3/c1-8-4-5-10(17(18)19)6-11(8)20-13-7-12(14-3)15-9(2)16-13/h4-7H,1-3H3,(H,14,15,16). The van der Waals surface area contributed by atoms with Crippen LogP contribution in [0.2, 0.25) is 0 Å². The summed E-state index contributed by atoms with van der Waals surface area (Å²) in [5, 5.41) is 13.7. The van der Waals surface area contributed by atoms with Crippen LogP contribution in [0, 0.1) is 24.0 Å². The molecule has 7 nitrogen and oxygen atoms in total. The van der Waals surface area contributed by atoms with E-state index in [1.165, 1.54) is 12.1 Å². The first-order chi connectivity index (χ1) is 9.49. The lowest BCUT2D eigenvalue weighted by Crippen LogP contribution is -1.99. The van der Waals surface area contributed by atoms with Gasteiger partial charge in [0.2, 0.25) is 5.88 Å². The topological polar surface area (TPSA) is 90.2 Å². The minimum atomic E-state index is -0.462. The molecule has 0 spiro atoms. The minimum absolute atomic E-state index is 0.0229. The number of hydrogen-bond acceptors (Lipinski definition) is 6. The van der Waals surface area contributed by atoms with Crippen molar-refractivity contribution in [2.24, 2.45) is 0 Å². The van der Waals surface area contributed by atoms with Gasteiger partial charge in [-0.05, 0) is 25.5 Å². The Labute approximate surface area is 115 Å². The van der Waals surface area contributed by atoms with Gasteiger partial charge in [-0.2, -0.15) is 4.98 Å². The number of nitro groups is 1. The molecule has 0 amide bonds. The van der Waals surface area contributed by atoms with Gasteiger partial charge < -0.3 is 10.1 Å². The zero-order valence-electron chi connectivity index (χ0n) is 11.4. The van der Waals surface area contributed by atoms with Crippen molar-refractivity contribution in [1.82, 2.24) is 9.97 Å². The molecule has 0 saturated carbocycles. The average molecular weight is 274 g/mol. The fraction of sp³-hybridized carbons (Fsp3) is 0.231. The molecule has 1 N–H and O–H groups in total. The van der Waals surface area contributed by atoms with Crippen LogP contribution in [0.4, 0.5) is 11.5 Å². The van der Waals surface area contributed by atoms with Crippen LogP contribution >= 0.6 is 0 Å². The molecule has 1 aromatic heterocycles. The summed E-state index contributed by atoms with van der Waals surface area (Å²) >= 11 is 0. The Morgan fingerprint density at radius 1 is 1.25 bits per heavy atom. The van der Waals surface area contributed by atoms with Crippen LogP contribution in [0.5, 0.6) is 11.6 Å². The number of hydrogen-bond donors (Lipinski definition) is 1. The summed E-state index contributed by atoms with van der Waals surface area (Å²) in [6, 6.07) is 6.09. The van der Waals surface area contributed by atoms with E-state index in [9.17, 15) is 10.1 Å². The highest BCUT2D eigenvalue weighted by Crippen LogP contribution is 2.28. The molecule has 1 heterocycles. The number of ether oxygens (including phenoxy) is 1. The van der Waals surface area contributed by atoms with Crippen molar-refractivity contribution in [3.05, 3.63) is 45.8 Å². The molecule has 20 heavy (non-hydrogen) atoms. The number of anilines is 1. The van der Waals surface area contributed by atoms with Gasteiger partial charge in [0.25, 0.3) is 5.69 Å². The van der Waals surface area contributed by atoms with E-state index in [4.69, 9.17) is 4.74 Å². The van der Waals surface area contributed by atoms with Crippen molar-refractivity contribution in [2.75, 3.05) is 12.4 Å². The lowest BCUT2D eigenvalue weighted by Gasteiger charge is -2.09. The normalized spacial score (nSPS) is 10.2. The monoisotopic (exact) mass is 274 g/mol. The summed E-state index contributed by atoms with van der Waals surface area (Å²) in [6.45, 7) is 3.56. The first-order valence-electron chi connectivity index (χ1n) is 5.96. The Kier molecular flexibility index (Phi) is 3.79. The van der Waals surface area contributed by atoms with Gasteiger partial charge in [0.1, 0.15) is 17.4 Å². The molecule has 0 aliphatic heterocycles. The van der Waals surface area contributed by atoms with Gasteiger partial charge in [0.15, 0.2) is 0 Å². The van der Waals surface area contributed by atoms with Crippen molar-refractivity contribution < 1.29 is 9.66 Å². The highest BCUT2D eigenvalue weighted by atomic mass is 16.6. The number of nitrogens with one attached hydrogen (secondary N) is 1. The first-order valence-corrected chi connectivity index (χ1v) is 5.96. The Bertz CT molecular complexity index is 658. The molecule has 0 bridgehead atoms. The maximum atomic E-state index is 10.8. The van der Waals surface area contributed by atoms with Crippen LogP contribution in [-0.2, 0) is 0 Å². The second-order valence-electron chi connectivity index (χ2n) is 4.20. The minimum Gasteiger partial charge on any atom is -0.438 e. The number of rotatable bonds is 4. The van der Waals surface area contributed by atoms with Crippen LogP contribution in [-0.4, -0.2) is 21.9 Å². The number of benzene rings is 1. The average Bonchev–Trinajstić information content (AvgIpc) is 2.40. The highest BCUT2D eigenvalue weighted by Gasteiger charge is 2.11. The molecule has 2 rings (SSSR count). The number of nitrogens with zero attached hydrogens (tertiary/aromatic N) is 3.